The minimum absolute atomic E-state index is 0.0524. The Morgan fingerprint density at radius 1 is 1.14 bits per heavy atom. The molecule has 0 amide bonds. The highest BCUT2D eigenvalue weighted by atomic mass is 19.1. The number of hydrogen-bond donors (Lipinski definition) is 1. The van der Waals surface area contributed by atoms with E-state index in [1.165, 1.54) is 6.07 Å². The van der Waals surface area contributed by atoms with Gasteiger partial charge in [0.05, 0.1) is 6.04 Å². The van der Waals surface area contributed by atoms with Gasteiger partial charge in [0, 0.05) is 18.2 Å². The quantitative estimate of drug-likeness (QED) is 0.760. The zero-order valence-electron chi connectivity index (χ0n) is 13.8. The summed E-state index contributed by atoms with van der Waals surface area (Å²) in [5.41, 5.74) is 7.03. The molecule has 0 fully saturated rings. The van der Waals surface area contributed by atoms with E-state index in [2.05, 4.69) is 37.7 Å². The molecule has 2 unspecified atom stereocenters. The predicted octanol–water partition coefficient (Wildman–Crippen LogP) is 2.88. The Morgan fingerprint density at radius 3 is 2.33 bits per heavy atom. The van der Waals surface area contributed by atoms with E-state index < -0.39 is 0 Å². The molecule has 120 valence electrons. The highest BCUT2D eigenvalue weighted by Crippen LogP contribution is 2.27. The van der Waals surface area contributed by atoms with E-state index in [9.17, 15) is 4.39 Å². The Balaban J connectivity index is 2.92. The highest BCUT2D eigenvalue weighted by Gasteiger charge is 2.26. The first-order chi connectivity index (χ1) is 10.0. The summed E-state index contributed by atoms with van der Waals surface area (Å²) in [6, 6.07) is 6.91. The van der Waals surface area contributed by atoms with E-state index in [1.54, 1.807) is 6.07 Å². The molecule has 0 bridgehead atoms. The lowest BCUT2D eigenvalue weighted by molar-refractivity contribution is 0.166. The van der Waals surface area contributed by atoms with Crippen LogP contribution in [-0.4, -0.2) is 49.6 Å². The van der Waals surface area contributed by atoms with Crippen molar-refractivity contribution in [3.05, 3.63) is 35.6 Å². The third kappa shape index (κ3) is 5.38. The molecular weight excluding hydrogens is 265 g/mol. The fourth-order valence-corrected chi connectivity index (χ4v) is 2.72. The molecule has 2 atom stereocenters. The van der Waals surface area contributed by atoms with E-state index >= 15 is 0 Å². The highest BCUT2D eigenvalue weighted by molar-refractivity contribution is 5.23. The molecule has 0 saturated carbocycles. The molecule has 2 N–H and O–H groups in total. The number of nitrogens with zero attached hydrogens (tertiary/aromatic N) is 2. The largest absolute Gasteiger partial charge is 0.326 e. The molecule has 0 saturated heterocycles. The lowest BCUT2D eigenvalue weighted by Crippen LogP contribution is -2.42. The van der Waals surface area contributed by atoms with Crippen molar-refractivity contribution in [2.75, 3.05) is 33.7 Å². The number of rotatable bonds is 9. The standard InChI is InChI=1S/C17H30FN3/c1-5-16(19)17(14-10-7-8-11-15(14)18)21(6-2)13-9-12-20(3)4/h7-8,10-11,16-17H,5-6,9,12-13,19H2,1-4H3. The van der Waals surface area contributed by atoms with Crippen LogP contribution < -0.4 is 5.73 Å². The van der Waals surface area contributed by atoms with E-state index in [1.807, 2.05) is 12.1 Å². The summed E-state index contributed by atoms with van der Waals surface area (Å²) in [7, 11) is 4.14. The summed E-state index contributed by atoms with van der Waals surface area (Å²) < 4.78 is 14.2. The molecule has 4 heteroatoms. The number of likely N-dealkylation sites (N-methyl/N-ethyl adjacent to an activating group) is 1. The van der Waals surface area contributed by atoms with E-state index in [0.29, 0.717) is 0 Å². The summed E-state index contributed by atoms with van der Waals surface area (Å²) in [4.78, 5) is 4.47. The first-order valence-electron chi connectivity index (χ1n) is 7.90. The van der Waals surface area contributed by atoms with Crippen molar-refractivity contribution in [1.29, 1.82) is 0 Å². The lowest BCUT2D eigenvalue weighted by Gasteiger charge is -2.35. The summed E-state index contributed by atoms with van der Waals surface area (Å²) in [6.45, 7) is 7.02. The molecule has 0 aliphatic rings. The smallest absolute Gasteiger partial charge is 0.128 e. The molecule has 0 aliphatic carbocycles. The van der Waals surface area contributed by atoms with Crippen LogP contribution >= 0.6 is 0 Å². The SMILES string of the molecule is CCC(N)C(c1ccccc1F)N(CC)CCCN(C)C. The molecule has 1 aromatic rings. The van der Waals surface area contributed by atoms with E-state index in [4.69, 9.17) is 5.73 Å². The van der Waals surface area contributed by atoms with E-state index in [0.717, 1.165) is 38.0 Å². The monoisotopic (exact) mass is 295 g/mol. The average Bonchev–Trinajstić information content (AvgIpc) is 2.47. The van der Waals surface area contributed by atoms with Crippen LogP contribution in [0, 0.1) is 5.82 Å². The fourth-order valence-electron chi connectivity index (χ4n) is 2.72. The third-order valence-electron chi connectivity index (χ3n) is 3.95. The molecule has 1 rings (SSSR count). The Labute approximate surface area is 128 Å². The average molecular weight is 295 g/mol. The Bertz CT molecular complexity index is 409. The zero-order chi connectivity index (χ0) is 15.8. The van der Waals surface area contributed by atoms with Crippen molar-refractivity contribution in [1.82, 2.24) is 9.80 Å². The number of halogens is 1. The summed E-state index contributed by atoms with van der Waals surface area (Å²) in [6.07, 6.45) is 1.89. The van der Waals surface area contributed by atoms with Crippen molar-refractivity contribution >= 4 is 0 Å². The first-order valence-corrected chi connectivity index (χ1v) is 7.90. The second kappa shape index (κ2) is 9.13. The number of hydrogen-bond acceptors (Lipinski definition) is 3. The van der Waals surface area contributed by atoms with Crippen molar-refractivity contribution in [3.8, 4) is 0 Å². The molecule has 0 spiro atoms. The van der Waals surface area contributed by atoms with E-state index in [-0.39, 0.29) is 17.9 Å². The fraction of sp³-hybridized carbons (Fsp3) is 0.647. The Hall–Kier alpha value is -0.970. The van der Waals surface area contributed by atoms with Crippen LogP contribution in [0.25, 0.3) is 0 Å². The van der Waals surface area contributed by atoms with Gasteiger partial charge in [-0.1, -0.05) is 32.0 Å². The predicted molar refractivity (Wildman–Crippen MR) is 87.8 cm³/mol. The summed E-state index contributed by atoms with van der Waals surface area (Å²) >= 11 is 0. The maximum atomic E-state index is 14.2. The molecule has 0 aliphatic heterocycles. The topological polar surface area (TPSA) is 32.5 Å². The van der Waals surface area contributed by atoms with Gasteiger partial charge < -0.3 is 10.6 Å². The van der Waals surface area contributed by atoms with Gasteiger partial charge in [-0.15, -0.1) is 0 Å². The maximum Gasteiger partial charge on any atom is 0.128 e. The number of nitrogens with two attached hydrogens (primary N) is 1. The van der Waals surface area contributed by atoms with Crippen molar-refractivity contribution < 1.29 is 4.39 Å². The van der Waals surface area contributed by atoms with Crippen molar-refractivity contribution in [3.63, 3.8) is 0 Å². The summed E-state index contributed by atoms with van der Waals surface area (Å²) in [5.74, 6) is -0.155. The molecular formula is C17H30FN3. The van der Waals surface area contributed by atoms with Gasteiger partial charge >= 0.3 is 0 Å². The zero-order valence-corrected chi connectivity index (χ0v) is 13.8. The Morgan fingerprint density at radius 2 is 1.81 bits per heavy atom. The Kier molecular flexibility index (Phi) is 7.86. The normalized spacial score (nSPS) is 14.7. The van der Waals surface area contributed by atoms with Gasteiger partial charge in [0.15, 0.2) is 0 Å². The van der Waals surface area contributed by atoms with Crippen LogP contribution in [0.2, 0.25) is 0 Å². The maximum absolute atomic E-state index is 14.2. The van der Waals surface area contributed by atoms with Gasteiger partial charge in [0.25, 0.3) is 0 Å². The third-order valence-corrected chi connectivity index (χ3v) is 3.95. The summed E-state index contributed by atoms with van der Waals surface area (Å²) in [5, 5.41) is 0. The van der Waals surface area contributed by atoms with Gasteiger partial charge in [-0.05, 0) is 46.1 Å². The second-order valence-electron chi connectivity index (χ2n) is 5.82. The van der Waals surface area contributed by atoms with Crippen molar-refractivity contribution in [2.24, 2.45) is 5.73 Å². The molecule has 0 radical (unpaired) electrons. The van der Waals surface area contributed by atoms with Gasteiger partial charge in [0.1, 0.15) is 5.82 Å². The number of benzene rings is 1. The molecule has 3 nitrogen and oxygen atoms in total. The van der Waals surface area contributed by atoms with Gasteiger partial charge in [0.2, 0.25) is 0 Å². The van der Waals surface area contributed by atoms with Crippen LogP contribution in [0.15, 0.2) is 24.3 Å². The molecule has 21 heavy (non-hydrogen) atoms. The van der Waals surface area contributed by atoms with Crippen LogP contribution in [0.3, 0.4) is 0 Å². The molecule has 0 heterocycles. The second-order valence-corrected chi connectivity index (χ2v) is 5.82. The first kappa shape index (κ1) is 18.1. The van der Waals surface area contributed by atoms with Crippen LogP contribution in [0.4, 0.5) is 4.39 Å². The molecule has 0 aromatic heterocycles. The van der Waals surface area contributed by atoms with Crippen molar-refractivity contribution in [2.45, 2.75) is 38.8 Å². The van der Waals surface area contributed by atoms with Gasteiger partial charge in [-0.3, -0.25) is 4.90 Å². The minimum atomic E-state index is -0.155. The molecule has 1 aromatic carbocycles. The van der Waals surface area contributed by atoms with Crippen LogP contribution in [-0.2, 0) is 0 Å². The van der Waals surface area contributed by atoms with Crippen LogP contribution in [0.5, 0.6) is 0 Å². The van der Waals surface area contributed by atoms with Crippen LogP contribution in [0.1, 0.15) is 38.3 Å². The lowest BCUT2D eigenvalue weighted by atomic mass is 9.95. The van der Waals surface area contributed by atoms with Gasteiger partial charge in [-0.25, -0.2) is 4.39 Å². The van der Waals surface area contributed by atoms with Gasteiger partial charge in [-0.2, -0.15) is 0 Å². The minimum Gasteiger partial charge on any atom is -0.326 e.